The first-order valence-corrected chi connectivity index (χ1v) is 8.27. The van der Waals surface area contributed by atoms with Crippen molar-refractivity contribution in [3.05, 3.63) is 12.7 Å². The van der Waals surface area contributed by atoms with Gasteiger partial charge >= 0.3 is 0 Å². The van der Waals surface area contributed by atoms with Crippen LogP contribution in [0.3, 0.4) is 0 Å². The first kappa shape index (κ1) is 17.1. The summed E-state index contributed by atoms with van der Waals surface area (Å²) in [6.45, 7) is 4.32. The summed E-state index contributed by atoms with van der Waals surface area (Å²) in [5.74, 6) is 1.31. The van der Waals surface area contributed by atoms with Crippen molar-refractivity contribution in [2.24, 2.45) is 5.92 Å². The number of aromatic nitrogens is 4. The fourth-order valence-electron chi connectivity index (χ4n) is 3.38. The molecule has 8 heteroatoms. The number of aliphatic hydroxyl groups excluding tert-OH is 1. The van der Waals surface area contributed by atoms with Crippen molar-refractivity contribution in [2.75, 3.05) is 38.3 Å². The van der Waals surface area contributed by atoms with Crippen LogP contribution in [0.4, 0.5) is 5.82 Å². The second-order valence-electron chi connectivity index (χ2n) is 6.78. The summed E-state index contributed by atoms with van der Waals surface area (Å²) < 4.78 is 6.90. The van der Waals surface area contributed by atoms with Crippen LogP contribution in [0.15, 0.2) is 12.7 Å². The van der Waals surface area contributed by atoms with Gasteiger partial charge in [0.25, 0.3) is 0 Å². The van der Waals surface area contributed by atoms with Crippen LogP contribution in [0.25, 0.3) is 11.2 Å². The van der Waals surface area contributed by atoms with Crippen LogP contribution in [0.5, 0.6) is 0 Å². The number of hydrogen-bond donors (Lipinski definition) is 2. The van der Waals surface area contributed by atoms with Gasteiger partial charge in [-0.2, -0.15) is 0 Å². The topological polar surface area (TPSA) is 96.5 Å². The highest BCUT2D eigenvalue weighted by Gasteiger charge is 2.27. The van der Waals surface area contributed by atoms with Crippen molar-refractivity contribution < 1.29 is 14.9 Å². The van der Waals surface area contributed by atoms with Gasteiger partial charge in [0.15, 0.2) is 17.0 Å². The lowest BCUT2D eigenvalue weighted by atomic mass is 10.1. The van der Waals surface area contributed by atoms with Crippen molar-refractivity contribution in [3.63, 3.8) is 0 Å². The molecule has 0 saturated carbocycles. The predicted octanol–water partition coefficient (Wildman–Crippen LogP) is 0.432. The van der Waals surface area contributed by atoms with E-state index in [0.717, 1.165) is 37.3 Å². The fourth-order valence-corrected chi connectivity index (χ4v) is 3.38. The van der Waals surface area contributed by atoms with Gasteiger partial charge in [-0.05, 0) is 25.7 Å². The van der Waals surface area contributed by atoms with Gasteiger partial charge < -0.3 is 24.4 Å². The summed E-state index contributed by atoms with van der Waals surface area (Å²) in [5, 5.41) is 19.5. The van der Waals surface area contributed by atoms with Gasteiger partial charge in [0.05, 0.1) is 19.5 Å². The molecular formula is C16H25N5O3. The van der Waals surface area contributed by atoms with E-state index in [2.05, 4.69) is 19.9 Å². The molecule has 1 fully saturated rings. The van der Waals surface area contributed by atoms with Crippen LogP contribution >= 0.6 is 0 Å². The molecule has 0 amide bonds. The number of hydrogen-bond acceptors (Lipinski definition) is 7. The Labute approximate surface area is 141 Å². The van der Waals surface area contributed by atoms with Gasteiger partial charge in [0, 0.05) is 26.8 Å². The molecule has 1 aliphatic rings. The molecule has 2 atom stereocenters. The Kier molecular flexibility index (Phi) is 4.98. The largest absolute Gasteiger partial charge is 0.396 e. The number of fused-ring (bicyclic) bond motifs is 1. The molecule has 2 aromatic rings. The van der Waals surface area contributed by atoms with E-state index in [1.165, 1.54) is 0 Å². The zero-order valence-electron chi connectivity index (χ0n) is 14.2. The Morgan fingerprint density at radius 2 is 2.21 bits per heavy atom. The fraction of sp³-hybridized carbons (Fsp3) is 0.688. The SMILES string of the molecule is COCC(C)(O)Cn1cnc2c(N3CC[C@@H](CCO)C3)ncnc21. The van der Waals surface area contributed by atoms with Gasteiger partial charge in [0.2, 0.25) is 0 Å². The smallest absolute Gasteiger partial charge is 0.165 e. The maximum absolute atomic E-state index is 10.4. The molecule has 0 aromatic carbocycles. The van der Waals surface area contributed by atoms with E-state index in [0.29, 0.717) is 18.1 Å². The molecule has 3 heterocycles. The van der Waals surface area contributed by atoms with E-state index >= 15 is 0 Å². The minimum Gasteiger partial charge on any atom is -0.396 e. The Morgan fingerprint density at radius 1 is 1.38 bits per heavy atom. The molecule has 1 unspecified atom stereocenters. The Balaban J connectivity index is 1.85. The summed E-state index contributed by atoms with van der Waals surface area (Å²) in [7, 11) is 1.57. The zero-order valence-corrected chi connectivity index (χ0v) is 14.2. The van der Waals surface area contributed by atoms with Gasteiger partial charge in [-0.15, -0.1) is 0 Å². The minimum absolute atomic E-state index is 0.223. The third-order valence-electron chi connectivity index (χ3n) is 4.47. The van der Waals surface area contributed by atoms with Crippen LogP contribution in [-0.4, -0.2) is 68.7 Å². The molecule has 132 valence electrons. The monoisotopic (exact) mass is 335 g/mol. The minimum atomic E-state index is -0.993. The molecule has 0 bridgehead atoms. The summed E-state index contributed by atoms with van der Waals surface area (Å²) in [5.41, 5.74) is 0.463. The van der Waals surface area contributed by atoms with Crippen molar-refractivity contribution in [3.8, 4) is 0 Å². The Bertz CT molecular complexity index is 687. The maximum Gasteiger partial charge on any atom is 0.165 e. The van der Waals surface area contributed by atoms with Crippen molar-refractivity contribution >= 4 is 17.0 Å². The van der Waals surface area contributed by atoms with E-state index in [1.807, 2.05) is 4.57 Å². The van der Waals surface area contributed by atoms with E-state index in [9.17, 15) is 5.11 Å². The van der Waals surface area contributed by atoms with Crippen LogP contribution in [0, 0.1) is 5.92 Å². The van der Waals surface area contributed by atoms with Gasteiger partial charge in [0.1, 0.15) is 11.9 Å². The predicted molar refractivity (Wildman–Crippen MR) is 89.8 cm³/mol. The second-order valence-corrected chi connectivity index (χ2v) is 6.78. The molecule has 0 aliphatic carbocycles. The van der Waals surface area contributed by atoms with Crippen LogP contribution < -0.4 is 4.90 Å². The highest BCUT2D eigenvalue weighted by Crippen LogP contribution is 2.28. The van der Waals surface area contributed by atoms with Crippen molar-refractivity contribution in [1.82, 2.24) is 19.5 Å². The molecule has 2 N–H and O–H groups in total. The summed E-state index contributed by atoms with van der Waals surface area (Å²) in [4.78, 5) is 15.4. The van der Waals surface area contributed by atoms with Crippen molar-refractivity contribution in [2.45, 2.75) is 31.9 Å². The number of rotatable bonds is 7. The maximum atomic E-state index is 10.4. The molecule has 0 radical (unpaired) electrons. The van der Waals surface area contributed by atoms with Gasteiger partial charge in [-0.3, -0.25) is 0 Å². The first-order chi connectivity index (χ1) is 11.5. The average molecular weight is 335 g/mol. The molecule has 1 aliphatic heterocycles. The normalized spacial score (nSPS) is 20.7. The van der Waals surface area contributed by atoms with E-state index in [1.54, 1.807) is 26.7 Å². The molecule has 0 spiro atoms. The van der Waals surface area contributed by atoms with Crippen molar-refractivity contribution in [1.29, 1.82) is 0 Å². The molecule has 24 heavy (non-hydrogen) atoms. The second kappa shape index (κ2) is 7.00. The lowest BCUT2D eigenvalue weighted by molar-refractivity contribution is -0.0280. The zero-order chi connectivity index (χ0) is 17.2. The van der Waals surface area contributed by atoms with Gasteiger partial charge in [-0.1, -0.05) is 0 Å². The van der Waals surface area contributed by atoms with Crippen LogP contribution in [-0.2, 0) is 11.3 Å². The summed E-state index contributed by atoms with van der Waals surface area (Å²) in [6, 6.07) is 0. The average Bonchev–Trinajstić information content (AvgIpc) is 3.15. The third-order valence-corrected chi connectivity index (χ3v) is 4.47. The van der Waals surface area contributed by atoms with E-state index in [4.69, 9.17) is 9.84 Å². The van der Waals surface area contributed by atoms with Crippen LogP contribution in [0.1, 0.15) is 19.8 Å². The number of nitrogens with zero attached hydrogens (tertiary/aromatic N) is 5. The summed E-state index contributed by atoms with van der Waals surface area (Å²) in [6.07, 6.45) is 5.10. The van der Waals surface area contributed by atoms with Gasteiger partial charge in [-0.25, -0.2) is 15.0 Å². The third kappa shape index (κ3) is 3.50. The number of ether oxygens (including phenoxy) is 1. The van der Waals surface area contributed by atoms with E-state index in [-0.39, 0.29) is 13.2 Å². The highest BCUT2D eigenvalue weighted by molar-refractivity contribution is 5.83. The molecule has 2 aromatic heterocycles. The number of anilines is 1. The lowest BCUT2D eigenvalue weighted by Gasteiger charge is -2.22. The number of aliphatic hydroxyl groups is 2. The molecule has 8 nitrogen and oxygen atoms in total. The molecule has 3 rings (SSSR count). The lowest BCUT2D eigenvalue weighted by Crippen LogP contribution is -2.35. The number of methoxy groups -OCH3 is 1. The first-order valence-electron chi connectivity index (χ1n) is 8.27. The summed E-state index contributed by atoms with van der Waals surface area (Å²) >= 11 is 0. The quantitative estimate of drug-likeness (QED) is 0.757. The standard InChI is InChI=1S/C16H25N5O3/c1-16(23,9-24-2)8-21-11-19-13-14(17-10-18-15(13)21)20-5-3-12(7-20)4-6-22/h10-12,22-23H,3-9H2,1-2H3/t12-,16?/m0/s1. The Hall–Kier alpha value is -1.77. The molecule has 1 saturated heterocycles. The number of imidazole rings is 1. The van der Waals surface area contributed by atoms with E-state index < -0.39 is 5.60 Å². The Morgan fingerprint density at radius 3 is 2.96 bits per heavy atom. The van der Waals surface area contributed by atoms with Crippen LogP contribution in [0.2, 0.25) is 0 Å². The highest BCUT2D eigenvalue weighted by atomic mass is 16.5. The molecular weight excluding hydrogens is 310 g/mol.